The van der Waals surface area contributed by atoms with Crippen LogP contribution in [-0.4, -0.2) is 47.1 Å². The quantitative estimate of drug-likeness (QED) is 0.919. The predicted octanol–water partition coefficient (Wildman–Crippen LogP) is 2.09. The lowest BCUT2D eigenvalue weighted by Crippen LogP contribution is -2.34. The number of rotatable bonds is 2. The van der Waals surface area contributed by atoms with Crippen molar-refractivity contribution in [2.24, 2.45) is 0 Å². The standard InChI is InChI=1S/C16H22N4O2/c1-10(2)14-13-12(9-11(3)18-15(13)22-19-14)16(21)20-7-4-5-17-6-8-20/h9-10,17H,4-8H2,1-3H3. The minimum absolute atomic E-state index is 0.0456. The molecule has 1 amide bonds. The van der Waals surface area contributed by atoms with Crippen molar-refractivity contribution in [1.82, 2.24) is 20.4 Å². The Hall–Kier alpha value is -1.95. The van der Waals surface area contributed by atoms with Gasteiger partial charge in [0, 0.05) is 25.3 Å². The van der Waals surface area contributed by atoms with Crippen LogP contribution in [-0.2, 0) is 0 Å². The van der Waals surface area contributed by atoms with Crippen LogP contribution in [0.15, 0.2) is 10.6 Å². The summed E-state index contributed by atoms with van der Waals surface area (Å²) in [5.41, 5.74) is 2.70. The maximum atomic E-state index is 13.0. The minimum Gasteiger partial charge on any atom is -0.337 e. The minimum atomic E-state index is 0.0456. The predicted molar refractivity (Wildman–Crippen MR) is 84.0 cm³/mol. The van der Waals surface area contributed by atoms with Crippen molar-refractivity contribution in [3.05, 3.63) is 23.0 Å². The van der Waals surface area contributed by atoms with E-state index in [0.29, 0.717) is 11.3 Å². The molecule has 0 spiro atoms. The van der Waals surface area contributed by atoms with E-state index in [2.05, 4.69) is 15.5 Å². The van der Waals surface area contributed by atoms with E-state index < -0.39 is 0 Å². The largest absolute Gasteiger partial charge is 0.337 e. The van der Waals surface area contributed by atoms with Crippen molar-refractivity contribution in [1.29, 1.82) is 0 Å². The maximum Gasteiger partial charge on any atom is 0.259 e. The van der Waals surface area contributed by atoms with E-state index in [1.165, 1.54) is 0 Å². The molecule has 0 aliphatic carbocycles. The first-order valence-corrected chi connectivity index (χ1v) is 7.85. The number of aromatic nitrogens is 2. The number of fused-ring (bicyclic) bond motifs is 1. The van der Waals surface area contributed by atoms with E-state index in [-0.39, 0.29) is 11.8 Å². The highest BCUT2D eigenvalue weighted by atomic mass is 16.5. The highest BCUT2D eigenvalue weighted by Crippen LogP contribution is 2.28. The number of pyridine rings is 1. The van der Waals surface area contributed by atoms with Gasteiger partial charge in [-0.1, -0.05) is 19.0 Å². The molecule has 1 fully saturated rings. The molecular formula is C16H22N4O2. The van der Waals surface area contributed by atoms with Gasteiger partial charge in [-0.3, -0.25) is 4.79 Å². The number of aryl methyl sites for hydroxylation is 1. The zero-order valence-electron chi connectivity index (χ0n) is 13.3. The Morgan fingerprint density at radius 1 is 1.36 bits per heavy atom. The van der Waals surface area contributed by atoms with Crippen molar-refractivity contribution >= 4 is 17.0 Å². The first-order chi connectivity index (χ1) is 10.6. The molecule has 2 aromatic heterocycles. The summed E-state index contributed by atoms with van der Waals surface area (Å²) in [4.78, 5) is 19.3. The van der Waals surface area contributed by atoms with Crippen LogP contribution in [0.5, 0.6) is 0 Å². The van der Waals surface area contributed by atoms with Crippen LogP contribution in [0.2, 0.25) is 0 Å². The van der Waals surface area contributed by atoms with Gasteiger partial charge in [0.05, 0.1) is 16.6 Å². The molecule has 1 aliphatic rings. The van der Waals surface area contributed by atoms with Gasteiger partial charge in [0.2, 0.25) is 0 Å². The molecule has 0 saturated carbocycles. The molecule has 0 radical (unpaired) electrons. The molecule has 3 rings (SSSR count). The van der Waals surface area contributed by atoms with Crippen molar-refractivity contribution in [3.8, 4) is 0 Å². The highest BCUT2D eigenvalue weighted by Gasteiger charge is 2.25. The maximum absolute atomic E-state index is 13.0. The second kappa shape index (κ2) is 6.04. The molecular weight excluding hydrogens is 280 g/mol. The zero-order valence-corrected chi connectivity index (χ0v) is 13.3. The van der Waals surface area contributed by atoms with Crippen LogP contribution in [0.25, 0.3) is 11.1 Å². The van der Waals surface area contributed by atoms with Crippen molar-refractivity contribution < 1.29 is 9.32 Å². The molecule has 1 N–H and O–H groups in total. The van der Waals surface area contributed by atoms with Gasteiger partial charge in [-0.2, -0.15) is 0 Å². The Labute approximate surface area is 129 Å². The smallest absolute Gasteiger partial charge is 0.259 e. The van der Waals surface area contributed by atoms with Crippen LogP contribution in [0.4, 0.5) is 0 Å². The lowest BCUT2D eigenvalue weighted by atomic mass is 10.0. The third-order valence-electron chi connectivity index (χ3n) is 4.01. The highest BCUT2D eigenvalue weighted by molar-refractivity contribution is 6.06. The van der Waals surface area contributed by atoms with E-state index in [1.54, 1.807) is 0 Å². The summed E-state index contributed by atoms with van der Waals surface area (Å²) < 4.78 is 5.35. The van der Waals surface area contributed by atoms with E-state index in [0.717, 1.165) is 49.4 Å². The van der Waals surface area contributed by atoms with Crippen molar-refractivity contribution in [3.63, 3.8) is 0 Å². The van der Waals surface area contributed by atoms with Gasteiger partial charge in [-0.15, -0.1) is 0 Å². The monoisotopic (exact) mass is 302 g/mol. The van der Waals surface area contributed by atoms with E-state index in [9.17, 15) is 4.79 Å². The number of hydrogen-bond donors (Lipinski definition) is 1. The molecule has 0 aromatic carbocycles. The average molecular weight is 302 g/mol. The van der Waals surface area contributed by atoms with Crippen LogP contribution < -0.4 is 5.32 Å². The van der Waals surface area contributed by atoms with E-state index >= 15 is 0 Å². The molecule has 1 aliphatic heterocycles. The number of carbonyl (C=O) groups excluding carboxylic acids is 1. The second-order valence-electron chi connectivity index (χ2n) is 6.11. The van der Waals surface area contributed by atoms with Crippen molar-refractivity contribution in [2.75, 3.05) is 26.2 Å². The lowest BCUT2D eigenvalue weighted by molar-refractivity contribution is 0.0768. The summed E-state index contributed by atoms with van der Waals surface area (Å²) in [6, 6.07) is 1.85. The molecule has 2 aromatic rings. The van der Waals surface area contributed by atoms with E-state index in [1.807, 2.05) is 31.7 Å². The SMILES string of the molecule is Cc1cc(C(=O)N2CCCNCC2)c2c(C(C)C)noc2n1. The summed E-state index contributed by atoms with van der Waals surface area (Å²) >= 11 is 0. The van der Waals surface area contributed by atoms with Gasteiger partial charge in [-0.25, -0.2) is 4.98 Å². The molecule has 3 heterocycles. The summed E-state index contributed by atoms with van der Waals surface area (Å²) in [6.45, 7) is 9.25. The number of hydrogen-bond acceptors (Lipinski definition) is 5. The van der Waals surface area contributed by atoms with E-state index in [4.69, 9.17) is 4.52 Å². The number of nitrogens with zero attached hydrogens (tertiary/aromatic N) is 3. The first kappa shape index (κ1) is 15.0. The summed E-state index contributed by atoms with van der Waals surface area (Å²) in [5, 5.41) is 8.21. The summed E-state index contributed by atoms with van der Waals surface area (Å²) in [5.74, 6) is 0.229. The third kappa shape index (κ3) is 2.70. The van der Waals surface area contributed by atoms with Crippen LogP contribution in [0.3, 0.4) is 0 Å². The molecule has 0 atom stereocenters. The first-order valence-electron chi connectivity index (χ1n) is 7.85. The van der Waals surface area contributed by atoms with Gasteiger partial charge >= 0.3 is 0 Å². The average Bonchev–Trinajstić information content (AvgIpc) is 2.72. The second-order valence-corrected chi connectivity index (χ2v) is 6.11. The molecule has 118 valence electrons. The third-order valence-corrected chi connectivity index (χ3v) is 4.01. The Bertz CT molecular complexity index is 685. The molecule has 22 heavy (non-hydrogen) atoms. The lowest BCUT2D eigenvalue weighted by Gasteiger charge is -2.20. The number of amides is 1. The molecule has 0 bridgehead atoms. The van der Waals surface area contributed by atoms with Gasteiger partial charge in [0.15, 0.2) is 0 Å². The van der Waals surface area contributed by atoms with Crippen molar-refractivity contribution in [2.45, 2.75) is 33.1 Å². The number of carbonyl (C=O) groups is 1. The Morgan fingerprint density at radius 3 is 2.95 bits per heavy atom. The molecule has 1 saturated heterocycles. The molecule has 6 heteroatoms. The van der Waals surface area contributed by atoms with Crippen LogP contribution in [0.1, 0.15) is 47.9 Å². The molecule has 0 unspecified atom stereocenters. The Morgan fingerprint density at radius 2 is 2.18 bits per heavy atom. The zero-order chi connectivity index (χ0) is 15.7. The Balaban J connectivity index is 2.08. The van der Waals surface area contributed by atoms with Gasteiger partial charge in [-0.05, 0) is 31.9 Å². The fourth-order valence-corrected chi connectivity index (χ4v) is 2.88. The molecule has 6 nitrogen and oxygen atoms in total. The number of nitrogens with one attached hydrogen (secondary N) is 1. The summed E-state index contributed by atoms with van der Waals surface area (Å²) in [6.07, 6.45) is 0.972. The van der Waals surface area contributed by atoms with Gasteiger partial charge in [0.25, 0.3) is 11.6 Å². The topological polar surface area (TPSA) is 71.3 Å². The fourth-order valence-electron chi connectivity index (χ4n) is 2.88. The van der Waals surface area contributed by atoms with Gasteiger partial charge in [0.1, 0.15) is 0 Å². The fraction of sp³-hybridized carbons (Fsp3) is 0.562. The van der Waals surface area contributed by atoms with Gasteiger partial charge < -0.3 is 14.7 Å². The Kier molecular flexibility index (Phi) is 4.11. The normalized spacial score (nSPS) is 16.3. The van der Waals surface area contributed by atoms with Crippen LogP contribution in [0, 0.1) is 6.92 Å². The van der Waals surface area contributed by atoms with Crippen LogP contribution >= 0.6 is 0 Å². The summed E-state index contributed by atoms with van der Waals surface area (Å²) in [7, 11) is 0.